The van der Waals surface area contributed by atoms with Crippen LogP contribution in [0, 0.1) is 0 Å². The smallest absolute Gasteiger partial charge is 0.120 e. The molecule has 1 aromatic heterocycles. The van der Waals surface area contributed by atoms with Crippen molar-refractivity contribution in [2.24, 2.45) is 0 Å². The highest BCUT2D eigenvalue weighted by Crippen LogP contribution is 2.34. The van der Waals surface area contributed by atoms with Crippen molar-refractivity contribution in [2.75, 3.05) is 19.0 Å². The molecule has 0 bridgehead atoms. The molecule has 2 aromatic rings. The number of fused-ring (bicyclic) bond motifs is 2. The summed E-state index contributed by atoms with van der Waals surface area (Å²) in [6, 6.07) is 6.23. The van der Waals surface area contributed by atoms with Crippen molar-refractivity contribution in [3.8, 4) is 5.75 Å². The molecule has 0 saturated heterocycles. The predicted octanol–water partition coefficient (Wildman–Crippen LogP) is 3.94. The minimum atomic E-state index is 0.763. The van der Waals surface area contributed by atoms with Crippen molar-refractivity contribution in [1.82, 2.24) is 4.98 Å². The van der Waals surface area contributed by atoms with Gasteiger partial charge in [-0.15, -0.1) is 0 Å². The lowest BCUT2D eigenvalue weighted by atomic mass is 9.92. The van der Waals surface area contributed by atoms with E-state index >= 15 is 0 Å². The van der Waals surface area contributed by atoms with Gasteiger partial charge in [0.1, 0.15) is 5.75 Å². The van der Waals surface area contributed by atoms with Gasteiger partial charge in [0.25, 0.3) is 0 Å². The second kappa shape index (κ2) is 5.70. The molecule has 3 nitrogen and oxygen atoms in total. The van der Waals surface area contributed by atoms with Gasteiger partial charge >= 0.3 is 0 Å². The fourth-order valence-corrected chi connectivity index (χ4v) is 3.00. The third-order valence-corrected chi connectivity index (χ3v) is 3.96. The number of hydrogen-bond acceptors (Lipinski definition) is 3. The average molecular weight is 270 g/mol. The van der Waals surface area contributed by atoms with E-state index in [0.717, 1.165) is 37.1 Å². The number of anilines is 1. The van der Waals surface area contributed by atoms with Gasteiger partial charge < -0.3 is 10.1 Å². The van der Waals surface area contributed by atoms with Crippen molar-refractivity contribution in [2.45, 2.75) is 39.0 Å². The lowest BCUT2D eigenvalue weighted by molar-refractivity contribution is 0.318. The highest BCUT2D eigenvalue weighted by atomic mass is 16.5. The Kier molecular flexibility index (Phi) is 3.77. The largest absolute Gasteiger partial charge is 0.494 e. The molecule has 1 aromatic carbocycles. The number of rotatable bonds is 4. The molecular weight excluding hydrogens is 248 g/mol. The lowest BCUT2D eigenvalue weighted by Gasteiger charge is -2.20. The minimum Gasteiger partial charge on any atom is -0.494 e. The van der Waals surface area contributed by atoms with Crippen LogP contribution in [0.3, 0.4) is 0 Å². The zero-order valence-corrected chi connectivity index (χ0v) is 12.3. The monoisotopic (exact) mass is 270 g/mol. The first-order valence-corrected chi connectivity index (χ1v) is 7.59. The van der Waals surface area contributed by atoms with Gasteiger partial charge in [0.2, 0.25) is 0 Å². The third-order valence-electron chi connectivity index (χ3n) is 3.96. The minimum absolute atomic E-state index is 0.763. The number of hydrogen-bond donors (Lipinski definition) is 1. The van der Waals surface area contributed by atoms with E-state index < -0.39 is 0 Å². The number of aryl methyl sites for hydroxylation is 1. The maximum Gasteiger partial charge on any atom is 0.120 e. The lowest BCUT2D eigenvalue weighted by Crippen LogP contribution is -2.09. The topological polar surface area (TPSA) is 34.1 Å². The molecular formula is C17H22N2O. The number of ether oxygens (including phenoxy) is 1. The van der Waals surface area contributed by atoms with E-state index in [1.807, 2.05) is 13.1 Å². The molecule has 0 amide bonds. The number of benzene rings is 1. The van der Waals surface area contributed by atoms with Crippen LogP contribution in [0.25, 0.3) is 10.9 Å². The van der Waals surface area contributed by atoms with Gasteiger partial charge in [0, 0.05) is 23.8 Å². The average Bonchev–Trinajstić information content (AvgIpc) is 2.50. The molecule has 0 saturated carbocycles. The van der Waals surface area contributed by atoms with E-state index in [-0.39, 0.29) is 0 Å². The maximum atomic E-state index is 5.75. The third kappa shape index (κ3) is 2.33. The SMILES string of the molecule is CCCOc1ccc2nc3c(c(NC)c2c1)CCCC3. The van der Waals surface area contributed by atoms with Crippen LogP contribution in [-0.4, -0.2) is 18.6 Å². The van der Waals surface area contributed by atoms with Crippen LogP contribution in [-0.2, 0) is 12.8 Å². The van der Waals surface area contributed by atoms with Gasteiger partial charge in [-0.3, -0.25) is 4.98 Å². The molecule has 0 radical (unpaired) electrons. The van der Waals surface area contributed by atoms with Crippen molar-refractivity contribution < 1.29 is 4.74 Å². The summed E-state index contributed by atoms with van der Waals surface area (Å²) < 4.78 is 5.75. The normalized spacial score (nSPS) is 14.1. The Labute approximate surface area is 120 Å². The fourth-order valence-electron chi connectivity index (χ4n) is 3.00. The molecule has 106 valence electrons. The van der Waals surface area contributed by atoms with Gasteiger partial charge in [-0.1, -0.05) is 6.92 Å². The second-order valence-corrected chi connectivity index (χ2v) is 5.40. The van der Waals surface area contributed by atoms with E-state index in [1.54, 1.807) is 0 Å². The zero-order valence-electron chi connectivity index (χ0n) is 12.3. The van der Waals surface area contributed by atoms with E-state index in [0.29, 0.717) is 0 Å². The Bertz CT molecular complexity index is 622. The summed E-state index contributed by atoms with van der Waals surface area (Å²) in [4.78, 5) is 4.85. The molecule has 0 spiro atoms. The quantitative estimate of drug-likeness (QED) is 0.913. The van der Waals surface area contributed by atoms with Gasteiger partial charge in [0.05, 0.1) is 12.1 Å². The summed E-state index contributed by atoms with van der Waals surface area (Å²) in [5.41, 5.74) is 4.99. The first-order chi connectivity index (χ1) is 9.83. The molecule has 3 heteroatoms. The van der Waals surface area contributed by atoms with Crippen LogP contribution < -0.4 is 10.1 Å². The first kappa shape index (κ1) is 13.2. The molecule has 1 N–H and O–H groups in total. The zero-order chi connectivity index (χ0) is 13.9. The number of pyridine rings is 1. The fraction of sp³-hybridized carbons (Fsp3) is 0.471. The van der Waals surface area contributed by atoms with Crippen LogP contribution in [0.2, 0.25) is 0 Å². The van der Waals surface area contributed by atoms with Crippen LogP contribution in [0.4, 0.5) is 5.69 Å². The van der Waals surface area contributed by atoms with Gasteiger partial charge in [-0.05, 0) is 55.9 Å². The van der Waals surface area contributed by atoms with Crippen molar-refractivity contribution in [3.63, 3.8) is 0 Å². The first-order valence-electron chi connectivity index (χ1n) is 7.59. The van der Waals surface area contributed by atoms with Crippen LogP contribution in [0.15, 0.2) is 18.2 Å². The Hall–Kier alpha value is -1.77. The molecule has 0 atom stereocenters. The number of nitrogens with zero attached hydrogens (tertiary/aromatic N) is 1. The Morgan fingerprint density at radius 2 is 2.10 bits per heavy atom. The van der Waals surface area contributed by atoms with E-state index in [9.17, 15) is 0 Å². The Balaban J connectivity index is 2.12. The molecule has 1 aliphatic rings. The van der Waals surface area contributed by atoms with Gasteiger partial charge in [0.15, 0.2) is 0 Å². The highest BCUT2D eigenvalue weighted by Gasteiger charge is 2.17. The summed E-state index contributed by atoms with van der Waals surface area (Å²) in [5.74, 6) is 0.938. The summed E-state index contributed by atoms with van der Waals surface area (Å²) >= 11 is 0. The molecule has 0 fully saturated rings. The van der Waals surface area contributed by atoms with E-state index in [4.69, 9.17) is 9.72 Å². The van der Waals surface area contributed by atoms with Crippen molar-refractivity contribution >= 4 is 16.6 Å². The second-order valence-electron chi connectivity index (χ2n) is 5.40. The highest BCUT2D eigenvalue weighted by molar-refractivity contribution is 5.94. The van der Waals surface area contributed by atoms with E-state index in [1.165, 1.54) is 35.2 Å². The number of nitrogens with one attached hydrogen (secondary N) is 1. The molecule has 0 unspecified atom stereocenters. The standard InChI is InChI=1S/C17H22N2O/c1-3-10-20-12-8-9-16-14(11-12)17(18-2)13-6-4-5-7-15(13)19-16/h8-9,11H,3-7,10H2,1-2H3,(H,18,19). The molecule has 3 rings (SSSR count). The van der Waals surface area contributed by atoms with Gasteiger partial charge in [-0.2, -0.15) is 0 Å². The summed E-state index contributed by atoms with van der Waals surface area (Å²) in [6.45, 7) is 2.89. The molecule has 0 aliphatic heterocycles. The molecule has 1 heterocycles. The number of aromatic nitrogens is 1. The summed E-state index contributed by atoms with van der Waals surface area (Å²) in [7, 11) is 2.00. The maximum absolute atomic E-state index is 5.75. The van der Waals surface area contributed by atoms with Crippen LogP contribution in [0.1, 0.15) is 37.4 Å². The predicted molar refractivity (Wildman–Crippen MR) is 83.7 cm³/mol. The van der Waals surface area contributed by atoms with E-state index in [2.05, 4.69) is 24.4 Å². The van der Waals surface area contributed by atoms with Gasteiger partial charge in [-0.25, -0.2) is 0 Å². The van der Waals surface area contributed by atoms with Crippen LogP contribution >= 0.6 is 0 Å². The molecule has 1 aliphatic carbocycles. The summed E-state index contributed by atoms with van der Waals surface area (Å²) in [6.07, 6.45) is 5.79. The van der Waals surface area contributed by atoms with Crippen LogP contribution in [0.5, 0.6) is 5.75 Å². The molecule has 20 heavy (non-hydrogen) atoms. The van der Waals surface area contributed by atoms with Crippen molar-refractivity contribution in [1.29, 1.82) is 0 Å². The Morgan fingerprint density at radius 1 is 1.25 bits per heavy atom. The Morgan fingerprint density at radius 3 is 2.90 bits per heavy atom. The van der Waals surface area contributed by atoms with Crippen molar-refractivity contribution in [3.05, 3.63) is 29.5 Å². The summed E-state index contributed by atoms with van der Waals surface area (Å²) in [5, 5.41) is 4.57.